The maximum absolute atomic E-state index is 13.1. The maximum Gasteiger partial charge on any atom is 0.410 e. The van der Waals surface area contributed by atoms with Gasteiger partial charge in [0, 0.05) is 18.7 Å². The number of likely N-dealkylation sites (tertiary alicyclic amines) is 1. The molecule has 2 heterocycles. The van der Waals surface area contributed by atoms with Gasteiger partial charge in [-0.3, -0.25) is 20.3 Å². The minimum Gasteiger partial charge on any atom is -0.465 e. The number of nitrogens with one attached hydrogen (secondary N) is 4. The molecule has 2 saturated heterocycles. The Kier molecular flexibility index (Phi) is 7.22. The molecule has 1 unspecified atom stereocenters. The second-order valence-electron chi connectivity index (χ2n) is 8.69. The molecule has 0 radical (unpaired) electrons. The van der Waals surface area contributed by atoms with Crippen LogP contribution in [0.2, 0.25) is 0 Å². The van der Waals surface area contributed by atoms with Crippen molar-refractivity contribution in [1.29, 1.82) is 5.41 Å². The van der Waals surface area contributed by atoms with Crippen LogP contribution in [0.25, 0.3) is 0 Å². The summed E-state index contributed by atoms with van der Waals surface area (Å²) >= 11 is 0. The summed E-state index contributed by atoms with van der Waals surface area (Å²) in [5, 5.41) is 24.6. The molecular weight excluding hydrogens is 434 g/mol. The van der Waals surface area contributed by atoms with Crippen LogP contribution < -0.4 is 16.0 Å². The van der Waals surface area contributed by atoms with Crippen molar-refractivity contribution in [2.45, 2.75) is 43.8 Å². The van der Waals surface area contributed by atoms with Crippen LogP contribution in [0.15, 0.2) is 54.6 Å². The van der Waals surface area contributed by atoms with E-state index in [9.17, 15) is 14.4 Å². The zero-order valence-electron chi connectivity index (χ0n) is 18.8. The highest BCUT2D eigenvalue weighted by Gasteiger charge is 2.41. The third-order valence-electron chi connectivity index (χ3n) is 6.52. The summed E-state index contributed by atoms with van der Waals surface area (Å²) in [7, 11) is 0. The van der Waals surface area contributed by atoms with Crippen LogP contribution in [0.4, 0.5) is 4.79 Å². The number of rotatable bonds is 6. The fourth-order valence-corrected chi connectivity index (χ4v) is 4.53. The van der Waals surface area contributed by atoms with Gasteiger partial charge in [0.1, 0.15) is 11.9 Å². The molecule has 34 heavy (non-hydrogen) atoms. The van der Waals surface area contributed by atoms with Crippen LogP contribution in [0, 0.1) is 5.41 Å². The average molecular weight is 464 g/mol. The van der Waals surface area contributed by atoms with Crippen LogP contribution in [0.5, 0.6) is 0 Å². The number of hydrogen-bond donors (Lipinski definition) is 5. The van der Waals surface area contributed by atoms with Gasteiger partial charge < -0.3 is 20.6 Å². The number of carbonyl (C=O) groups is 3. The number of carbonyl (C=O) groups excluding carboxylic acids is 2. The summed E-state index contributed by atoms with van der Waals surface area (Å²) in [4.78, 5) is 38.2. The number of carboxylic acid groups (broad SMARTS) is 1. The van der Waals surface area contributed by atoms with Gasteiger partial charge in [-0.2, -0.15) is 0 Å². The van der Waals surface area contributed by atoms with Crippen LogP contribution in [-0.2, 0) is 16.1 Å². The van der Waals surface area contributed by atoms with Gasteiger partial charge >= 0.3 is 6.09 Å². The smallest absolute Gasteiger partial charge is 0.410 e. The van der Waals surface area contributed by atoms with Crippen LogP contribution >= 0.6 is 0 Å². The highest BCUT2D eigenvalue weighted by Crippen LogP contribution is 2.29. The molecule has 5 N–H and O–H groups in total. The number of piperidine rings is 1. The average Bonchev–Trinajstić information content (AvgIpc) is 2.82. The van der Waals surface area contributed by atoms with E-state index in [4.69, 9.17) is 10.5 Å². The van der Waals surface area contributed by atoms with Crippen molar-refractivity contribution >= 4 is 23.7 Å². The SMILES string of the molecule is N=C(NC(=O)O)c1ccc(CNC(=O)C2CCN2C(=O)[C@H]2C[C@@H](c3ccccc3)CCN2)cc1. The van der Waals surface area contributed by atoms with E-state index in [1.165, 1.54) is 5.56 Å². The van der Waals surface area contributed by atoms with E-state index >= 15 is 0 Å². The van der Waals surface area contributed by atoms with Crippen molar-refractivity contribution in [2.75, 3.05) is 13.1 Å². The first-order chi connectivity index (χ1) is 16.4. The Hall–Kier alpha value is -3.72. The van der Waals surface area contributed by atoms with E-state index in [0.29, 0.717) is 24.4 Å². The van der Waals surface area contributed by atoms with Crippen LogP contribution in [-0.4, -0.2) is 58.9 Å². The van der Waals surface area contributed by atoms with E-state index in [0.717, 1.165) is 24.9 Å². The second-order valence-corrected chi connectivity index (χ2v) is 8.69. The number of nitrogens with zero attached hydrogens (tertiary/aromatic N) is 1. The Morgan fingerprint density at radius 3 is 2.44 bits per heavy atom. The number of amidine groups is 1. The summed E-state index contributed by atoms with van der Waals surface area (Å²) in [6.45, 7) is 1.64. The van der Waals surface area contributed by atoms with Gasteiger partial charge in [0.05, 0.1) is 6.04 Å². The molecule has 2 aliphatic rings. The molecule has 3 amide bonds. The monoisotopic (exact) mass is 463 g/mol. The predicted molar refractivity (Wildman–Crippen MR) is 127 cm³/mol. The van der Waals surface area contributed by atoms with Crippen molar-refractivity contribution < 1.29 is 19.5 Å². The van der Waals surface area contributed by atoms with Crippen LogP contribution in [0.1, 0.15) is 41.9 Å². The normalized spacial score (nSPS) is 21.8. The zero-order chi connectivity index (χ0) is 24.1. The standard InChI is InChI=1S/C25H29N5O4/c26-22(29-25(33)34)18-8-6-16(7-9-18)15-28-23(31)21-11-13-30(21)24(32)20-14-19(10-12-27-20)17-4-2-1-3-5-17/h1-9,19-21,27H,10-15H2,(H2,26,29)(H,28,31)(H,33,34)/t19-,20+,21?/m0/s1. The molecule has 2 aromatic rings. The topological polar surface area (TPSA) is 135 Å². The first-order valence-electron chi connectivity index (χ1n) is 11.5. The summed E-state index contributed by atoms with van der Waals surface area (Å²) in [5.74, 6) is -0.0714. The molecule has 0 aliphatic carbocycles. The Balaban J connectivity index is 1.29. The van der Waals surface area contributed by atoms with Crippen molar-refractivity contribution in [2.24, 2.45) is 0 Å². The first kappa shape index (κ1) is 23.4. The third kappa shape index (κ3) is 5.43. The summed E-state index contributed by atoms with van der Waals surface area (Å²) in [5.41, 5.74) is 2.50. The summed E-state index contributed by atoms with van der Waals surface area (Å²) in [6.07, 6.45) is 1.07. The Morgan fingerprint density at radius 1 is 1.06 bits per heavy atom. The molecule has 0 aromatic heterocycles. The molecule has 0 bridgehead atoms. The molecule has 9 nitrogen and oxygen atoms in total. The fraction of sp³-hybridized carbons (Fsp3) is 0.360. The molecule has 0 saturated carbocycles. The molecule has 178 valence electrons. The molecule has 9 heteroatoms. The highest BCUT2D eigenvalue weighted by molar-refractivity contribution is 6.04. The van der Waals surface area contributed by atoms with Gasteiger partial charge in [-0.1, -0.05) is 54.6 Å². The van der Waals surface area contributed by atoms with Crippen molar-refractivity contribution in [3.63, 3.8) is 0 Å². The van der Waals surface area contributed by atoms with E-state index < -0.39 is 12.1 Å². The largest absolute Gasteiger partial charge is 0.465 e. The second kappa shape index (κ2) is 10.5. The first-order valence-corrected chi connectivity index (χ1v) is 11.5. The van der Waals surface area contributed by atoms with Crippen molar-refractivity contribution in [1.82, 2.24) is 20.9 Å². The summed E-state index contributed by atoms with van der Waals surface area (Å²) in [6, 6.07) is 16.2. The lowest BCUT2D eigenvalue weighted by Crippen LogP contribution is -2.62. The van der Waals surface area contributed by atoms with Crippen molar-refractivity contribution in [3.8, 4) is 0 Å². The zero-order valence-corrected chi connectivity index (χ0v) is 18.8. The maximum atomic E-state index is 13.1. The van der Waals surface area contributed by atoms with Gasteiger partial charge in [0.25, 0.3) is 0 Å². The van der Waals surface area contributed by atoms with Gasteiger partial charge in [-0.25, -0.2) is 4.79 Å². The summed E-state index contributed by atoms with van der Waals surface area (Å²) < 4.78 is 0. The molecule has 2 fully saturated rings. The Labute approximate surface area is 198 Å². The minimum absolute atomic E-state index is 0.0131. The molecule has 3 atom stereocenters. The van der Waals surface area contributed by atoms with Gasteiger partial charge in [0.15, 0.2) is 0 Å². The molecule has 2 aliphatic heterocycles. The molecule has 4 rings (SSSR count). The number of amides is 3. The van der Waals surface area contributed by atoms with E-state index in [-0.39, 0.29) is 30.2 Å². The lowest BCUT2D eigenvalue weighted by Gasteiger charge is -2.43. The molecule has 0 spiro atoms. The fourth-order valence-electron chi connectivity index (χ4n) is 4.53. The van der Waals surface area contributed by atoms with Crippen LogP contribution in [0.3, 0.4) is 0 Å². The Bertz CT molecular complexity index is 1060. The van der Waals surface area contributed by atoms with E-state index in [1.807, 2.05) is 23.5 Å². The lowest BCUT2D eigenvalue weighted by molar-refractivity contribution is -0.149. The lowest BCUT2D eigenvalue weighted by atomic mass is 9.85. The third-order valence-corrected chi connectivity index (χ3v) is 6.52. The molecular formula is C25H29N5O4. The van der Waals surface area contributed by atoms with E-state index in [1.54, 1.807) is 29.2 Å². The van der Waals surface area contributed by atoms with Gasteiger partial charge in [-0.15, -0.1) is 0 Å². The quantitative estimate of drug-likeness (QED) is 0.330. The van der Waals surface area contributed by atoms with Gasteiger partial charge in [0.2, 0.25) is 11.8 Å². The van der Waals surface area contributed by atoms with E-state index in [2.05, 4.69) is 22.8 Å². The Morgan fingerprint density at radius 2 is 1.79 bits per heavy atom. The van der Waals surface area contributed by atoms with Gasteiger partial charge in [-0.05, 0) is 42.9 Å². The minimum atomic E-state index is -1.29. The van der Waals surface area contributed by atoms with Crippen molar-refractivity contribution in [3.05, 3.63) is 71.3 Å². The highest BCUT2D eigenvalue weighted by atomic mass is 16.4. The molecule has 2 aromatic carbocycles. The number of benzene rings is 2. The number of hydrogen-bond acceptors (Lipinski definition) is 5. The predicted octanol–water partition coefficient (Wildman–Crippen LogP) is 2.03.